The number of amides is 2. The SMILES string of the molecule is Cc1ccc(NC(=O)C(=O)N/N=C/c2ccc(OC(=O)c3ccccc3)cc2)cc1Cl. The second-order valence-electron chi connectivity index (χ2n) is 6.44. The van der Waals surface area contributed by atoms with Crippen LogP contribution >= 0.6 is 11.6 Å². The van der Waals surface area contributed by atoms with Crippen LogP contribution in [0.3, 0.4) is 0 Å². The fourth-order valence-corrected chi connectivity index (χ4v) is 2.62. The third-order valence-corrected chi connectivity index (χ3v) is 4.52. The second kappa shape index (κ2) is 10.2. The van der Waals surface area contributed by atoms with Crippen molar-refractivity contribution in [2.45, 2.75) is 6.92 Å². The number of aryl methyl sites for hydroxylation is 1. The zero-order chi connectivity index (χ0) is 22.2. The molecule has 0 aromatic heterocycles. The lowest BCUT2D eigenvalue weighted by Gasteiger charge is -2.06. The molecule has 0 heterocycles. The van der Waals surface area contributed by atoms with Crippen molar-refractivity contribution in [2.75, 3.05) is 5.32 Å². The first-order chi connectivity index (χ1) is 14.9. The highest BCUT2D eigenvalue weighted by atomic mass is 35.5. The van der Waals surface area contributed by atoms with Gasteiger partial charge in [-0.1, -0.05) is 35.9 Å². The second-order valence-corrected chi connectivity index (χ2v) is 6.85. The van der Waals surface area contributed by atoms with E-state index < -0.39 is 17.8 Å². The Balaban J connectivity index is 1.51. The Morgan fingerprint density at radius 3 is 2.32 bits per heavy atom. The van der Waals surface area contributed by atoms with Gasteiger partial charge in [-0.15, -0.1) is 0 Å². The Morgan fingerprint density at radius 2 is 1.65 bits per heavy atom. The Bertz CT molecular complexity index is 1130. The lowest BCUT2D eigenvalue weighted by atomic mass is 10.2. The summed E-state index contributed by atoms with van der Waals surface area (Å²) in [5, 5.41) is 6.68. The van der Waals surface area contributed by atoms with Crippen molar-refractivity contribution in [3.05, 3.63) is 94.5 Å². The van der Waals surface area contributed by atoms with Crippen LogP contribution in [0.4, 0.5) is 5.69 Å². The van der Waals surface area contributed by atoms with E-state index in [2.05, 4.69) is 15.8 Å². The maximum absolute atomic E-state index is 12.0. The topological polar surface area (TPSA) is 96.9 Å². The Hall–Kier alpha value is -3.97. The van der Waals surface area contributed by atoms with Crippen LogP contribution in [0.2, 0.25) is 5.02 Å². The Labute approximate surface area is 183 Å². The van der Waals surface area contributed by atoms with Gasteiger partial charge in [-0.3, -0.25) is 9.59 Å². The number of ether oxygens (including phenoxy) is 1. The van der Waals surface area contributed by atoms with Gasteiger partial charge in [0, 0.05) is 10.7 Å². The number of benzene rings is 3. The molecule has 0 spiro atoms. The van der Waals surface area contributed by atoms with Gasteiger partial charge in [0.1, 0.15) is 5.75 Å². The minimum Gasteiger partial charge on any atom is -0.423 e. The van der Waals surface area contributed by atoms with E-state index in [1.807, 2.05) is 13.0 Å². The highest BCUT2D eigenvalue weighted by molar-refractivity contribution is 6.39. The average molecular weight is 436 g/mol. The van der Waals surface area contributed by atoms with E-state index in [-0.39, 0.29) is 0 Å². The van der Waals surface area contributed by atoms with Crippen molar-refractivity contribution in [1.29, 1.82) is 0 Å². The Morgan fingerprint density at radius 1 is 0.935 bits per heavy atom. The Kier molecular flexibility index (Phi) is 7.13. The van der Waals surface area contributed by atoms with E-state index in [1.54, 1.807) is 66.7 Å². The van der Waals surface area contributed by atoms with Crippen molar-refractivity contribution >= 4 is 41.3 Å². The minimum atomic E-state index is -0.929. The number of anilines is 1. The molecule has 156 valence electrons. The van der Waals surface area contributed by atoms with Gasteiger partial charge in [0.05, 0.1) is 11.8 Å². The fourth-order valence-electron chi connectivity index (χ4n) is 2.44. The van der Waals surface area contributed by atoms with Crippen molar-refractivity contribution in [3.63, 3.8) is 0 Å². The van der Waals surface area contributed by atoms with Crippen LogP contribution in [0.15, 0.2) is 77.9 Å². The smallest absolute Gasteiger partial charge is 0.343 e. The molecule has 3 aromatic carbocycles. The number of carbonyl (C=O) groups excluding carboxylic acids is 3. The third-order valence-electron chi connectivity index (χ3n) is 4.12. The molecule has 0 aliphatic rings. The lowest BCUT2D eigenvalue weighted by Crippen LogP contribution is -2.32. The molecule has 2 amide bonds. The first-order valence-electron chi connectivity index (χ1n) is 9.20. The molecule has 0 unspecified atom stereocenters. The van der Waals surface area contributed by atoms with Gasteiger partial charge in [-0.25, -0.2) is 10.2 Å². The van der Waals surface area contributed by atoms with Crippen LogP contribution in [0, 0.1) is 6.92 Å². The molecule has 2 N–H and O–H groups in total. The first kappa shape index (κ1) is 21.7. The molecule has 3 rings (SSSR count). The summed E-state index contributed by atoms with van der Waals surface area (Å²) in [6, 6.07) is 20.1. The van der Waals surface area contributed by atoms with Crippen molar-refractivity contribution in [3.8, 4) is 5.75 Å². The largest absolute Gasteiger partial charge is 0.423 e. The summed E-state index contributed by atoms with van der Waals surface area (Å²) in [5.74, 6) is -1.90. The average Bonchev–Trinajstić information content (AvgIpc) is 2.78. The quantitative estimate of drug-likeness (QED) is 0.208. The maximum atomic E-state index is 12.0. The van der Waals surface area contributed by atoms with Crippen molar-refractivity contribution < 1.29 is 19.1 Å². The van der Waals surface area contributed by atoms with E-state index in [0.717, 1.165) is 5.56 Å². The summed E-state index contributed by atoms with van der Waals surface area (Å²) in [7, 11) is 0. The monoisotopic (exact) mass is 435 g/mol. The number of nitrogens with one attached hydrogen (secondary N) is 2. The normalized spacial score (nSPS) is 10.5. The number of hydrogen-bond donors (Lipinski definition) is 2. The maximum Gasteiger partial charge on any atom is 0.343 e. The number of halogens is 1. The summed E-state index contributed by atoms with van der Waals surface area (Å²) in [5.41, 5.74) is 4.48. The van der Waals surface area contributed by atoms with Crippen molar-refractivity contribution in [1.82, 2.24) is 5.43 Å². The first-order valence-corrected chi connectivity index (χ1v) is 9.58. The molecule has 8 heteroatoms. The molecule has 0 bridgehead atoms. The molecule has 7 nitrogen and oxygen atoms in total. The standard InChI is InChI=1S/C23H18ClN3O4/c1-15-7-10-18(13-20(15)24)26-21(28)22(29)27-25-14-16-8-11-19(12-9-16)31-23(30)17-5-3-2-4-6-17/h2-14H,1H3,(H,26,28)(H,27,29)/b25-14+. The molecule has 0 fully saturated rings. The molecular weight excluding hydrogens is 418 g/mol. The molecule has 0 saturated carbocycles. The van der Waals surface area contributed by atoms with Gasteiger partial charge in [0.15, 0.2) is 0 Å². The summed E-state index contributed by atoms with van der Waals surface area (Å²) >= 11 is 6.00. The third kappa shape index (κ3) is 6.25. The summed E-state index contributed by atoms with van der Waals surface area (Å²) in [4.78, 5) is 35.8. The molecule has 0 saturated heterocycles. The van der Waals surface area contributed by atoms with Gasteiger partial charge in [-0.05, 0) is 66.6 Å². The molecule has 0 aliphatic carbocycles. The van der Waals surface area contributed by atoms with E-state index in [1.165, 1.54) is 6.21 Å². The number of hydrogen-bond acceptors (Lipinski definition) is 5. The highest BCUT2D eigenvalue weighted by Gasteiger charge is 2.13. The van der Waals surface area contributed by atoms with E-state index in [4.69, 9.17) is 16.3 Å². The van der Waals surface area contributed by atoms with E-state index >= 15 is 0 Å². The van der Waals surface area contributed by atoms with Gasteiger partial charge < -0.3 is 10.1 Å². The van der Waals surface area contributed by atoms with Crippen LogP contribution in [0.25, 0.3) is 0 Å². The van der Waals surface area contributed by atoms with Crippen LogP contribution in [-0.4, -0.2) is 24.0 Å². The zero-order valence-electron chi connectivity index (χ0n) is 16.5. The van der Waals surface area contributed by atoms with E-state index in [9.17, 15) is 14.4 Å². The molecular formula is C23H18ClN3O4. The zero-order valence-corrected chi connectivity index (χ0v) is 17.2. The van der Waals surface area contributed by atoms with Crippen LogP contribution < -0.4 is 15.5 Å². The number of rotatable bonds is 5. The predicted molar refractivity (Wildman–Crippen MR) is 118 cm³/mol. The number of nitrogens with zero attached hydrogens (tertiary/aromatic N) is 1. The molecule has 0 radical (unpaired) electrons. The lowest BCUT2D eigenvalue weighted by molar-refractivity contribution is -0.136. The van der Waals surface area contributed by atoms with Crippen molar-refractivity contribution in [2.24, 2.45) is 5.10 Å². The molecule has 31 heavy (non-hydrogen) atoms. The van der Waals surface area contributed by atoms with E-state index in [0.29, 0.717) is 27.6 Å². The van der Waals surface area contributed by atoms with Gasteiger partial charge >= 0.3 is 17.8 Å². The molecule has 0 atom stereocenters. The number of esters is 1. The van der Waals surface area contributed by atoms with Gasteiger partial charge in [-0.2, -0.15) is 5.10 Å². The highest BCUT2D eigenvalue weighted by Crippen LogP contribution is 2.19. The van der Waals surface area contributed by atoms with Crippen LogP contribution in [0.5, 0.6) is 5.75 Å². The summed E-state index contributed by atoms with van der Waals surface area (Å²) in [6.07, 6.45) is 1.36. The number of carbonyl (C=O) groups is 3. The molecule has 3 aromatic rings. The number of hydrazone groups is 1. The van der Waals surface area contributed by atoms with Crippen LogP contribution in [0.1, 0.15) is 21.5 Å². The fraction of sp³-hybridized carbons (Fsp3) is 0.0435. The molecule has 0 aliphatic heterocycles. The minimum absolute atomic E-state index is 0.367. The predicted octanol–water partition coefficient (Wildman–Crippen LogP) is 3.96. The summed E-state index contributed by atoms with van der Waals surface area (Å²) < 4.78 is 5.29. The van der Waals surface area contributed by atoms with Gasteiger partial charge in [0.25, 0.3) is 0 Å². The van der Waals surface area contributed by atoms with Gasteiger partial charge in [0.2, 0.25) is 0 Å². The van der Waals surface area contributed by atoms with Crippen LogP contribution in [-0.2, 0) is 9.59 Å². The summed E-state index contributed by atoms with van der Waals surface area (Å²) in [6.45, 7) is 1.83.